The summed E-state index contributed by atoms with van der Waals surface area (Å²) in [6.45, 7) is 5.60. The standard InChI is InChI=1S/C11H23NO5S/c1-4-5-6-10(11(13)14)12-18(15,16)8-7-17-9(2)3/h9-10,12H,4-8H2,1-3H3,(H,13,14)/t10-/m0/s1. The van der Waals surface area contributed by atoms with Crippen molar-refractivity contribution in [2.24, 2.45) is 0 Å². The van der Waals surface area contributed by atoms with Crippen LogP contribution >= 0.6 is 0 Å². The first-order chi connectivity index (χ1) is 8.28. The van der Waals surface area contributed by atoms with Crippen LogP contribution in [-0.4, -0.2) is 44.0 Å². The van der Waals surface area contributed by atoms with Gasteiger partial charge in [-0.15, -0.1) is 0 Å². The van der Waals surface area contributed by atoms with Crippen LogP contribution in [0.25, 0.3) is 0 Å². The van der Waals surface area contributed by atoms with Gasteiger partial charge in [0, 0.05) is 0 Å². The number of nitrogens with one attached hydrogen (secondary N) is 1. The number of hydrogen-bond acceptors (Lipinski definition) is 4. The first-order valence-electron chi connectivity index (χ1n) is 6.13. The molecule has 7 heteroatoms. The largest absolute Gasteiger partial charge is 0.480 e. The molecule has 0 fully saturated rings. The fraction of sp³-hybridized carbons (Fsp3) is 0.909. The SMILES string of the molecule is CCCC[C@H](NS(=O)(=O)CCOC(C)C)C(=O)O. The van der Waals surface area contributed by atoms with Crippen LogP contribution in [0.15, 0.2) is 0 Å². The summed E-state index contributed by atoms with van der Waals surface area (Å²) in [7, 11) is -3.61. The molecule has 0 saturated heterocycles. The highest BCUT2D eigenvalue weighted by atomic mass is 32.2. The third kappa shape index (κ3) is 8.43. The molecule has 0 aliphatic rings. The molecule has 0 bridgehead atoms. The van der Waals surface area contributed by atoms with E-state index in [0.717, 1.165) is 6.42 Å². The monoisotopic (exact) mass is 281 g/mol. The normalized spacial score (nSPS) is 13.8. The maximum Gasteiger partial charge on any atom is 0.321 e. The van der Waals surface area contributed by atoms with E-state index in [-0.39, 0.29) is 18.5 Å². The summed E-state index contributed by atoms with van der Waals surface area (Å²) in [6.07, 6.45) is 1.75. The lowest BCUT2D eigenvalue weighted by Gasteiger charge is -2.15. The van der Waals surface area contributed by atoms with E-state index in [2.05, 4.69) is 4.72 Å². The maximum atomic E-state index is 11.6. The highest BCUT2D eigenvalue weighted by Gasteiger charge is 2.23. The van der Waals surface area contributed by atoms with Gasteiger partial charge in [0.15, 0.2) is 0 Å². The molecule has 0 rings (SSSR count). The number of carbonyl (C=O) groups is 1. The fourth-order valence-corrected chi connectivity index (χ4v) is 2.40. The van der Waals surface area contributed by atoms with Gasteiger partial charge in [-0.1, -0.05) is 19.8 Å². The zero-order valence-corrected chi connectivity index (χ0v) is 12.0. The lowest BCUT2D eigenvalue weighted by molar-refractivity contribution is -0.139. The maximum absolute atomic E-state index is 11.6. The second-order valence-corrected chi connectivity index (χ2v) is 6.26. The Morgan fingerprint density at radius 3 is 2.44 bits per heavy atom. The van der Waals surface area contributed by atoms with Crippen molar-refractivity contribution in [3.8, 4) is 0 Å². The van der Waals surface area contributed by atoms with Crippen molar-refractivity contribution in [3.05, 3.63) is 0 Å². The quantitative estimate of drug-likeness (QED) is 0.622. The molecule has 2 N–H and O–H groups in total. The van der Waals surface area contributed by atoms with E-state index in [0.29, 0.717) is 12.8 Å². The average Bonchev–Trinajstić information content (AvgIpc) is 2.22. The Balaban J connectivity index is 4.28. The molecular formula is C11H23NO5S. The Labute approximate surface area is 109 Å². The molecule has 0 spiro atoms. The molecule has 0 aliphatic carbocycles. The van der Waals surface area contributed by atoms with Crippen molar-refractivity contribution in [2.75, 3.05) is 12.4 Å². The molecule has 0 heterocycles. The van der Waals surface area contributed by atoms with Gasteiger partial charge in [0.25, 0.3) is 0 Å². The van der Waals surface area contributed by atoms with Crippen LogP contribution in [-0.2, 0) is 19.6 Å². The Morgan fingerprint density at radius 2 is 2.00 bits per heavy atom. The van der Waals surface area contributed by atoms with Crippen molar-refractivity contribution in [1.29, 1.82) is 0 Å². The summed E-state index contributed by atoms with van der Waals surface area (Å²) in [5.41, 5.74) is 0. The average molecular weight is 281 g/mol. The molecule has 1 atom stereocenters. The van der Waals surface area contributed by atoms with Crippen molar-refractivity contribution < 1.29 is 23.1 Å². The molecular weight excluding hydrogens is 258 g/mol. The van der Waals surface area contributed by atoms with E-state index in [1.54, 1.807) is 13.8 Å². The van der Waals surface area contributed by atoms with Crippen molar-refractivity contribution >= 4 is 16.0 Å². The van der Waals surface area contributed by atoms with Gasteiger partial charge in [-0.05, 0) is 20.3 Å². The van der Waals surface area contributed by atoms with E-state index in [4.69, 9.17) is 9.84 Å². The number of sulfonamides is 1. The molecule has 0 aromatic heterocycles. The minimum atomic E-state index is -3.61. The van der Waals surface area contributed by atoms with Gasteiger partial charge in [0.05, 0.1) is 18.5 Å². The van der Waals surface area contributed by atoms with Crippen LogP contribution < -0.4 is 4.72 Å². The van der Waals surface area contributed by atoms with E-state index >= 15 is 0 Å². The smallest absolute Gasteiger partial charge is 0.321 e. The molecule has 0 unspecified atom stereocenters. The second kappa shape index (κ2) is 8.44. The summed E-state index contributed by atoms with van der Waals surface area (Å²) < 4.78 is 30.6. The number of unbranched alkanes of at least 4 members (excludes halogenated alkanes) is 1. The number of carboxylic acid groups (broad SMARTS) is 1. The van der Waals surface area contributed by atoms with Crippen LogP contribution in [0.2, 0.25) is 0 Å². The van der Waals surface area contributed by atoms with Crippen molar-refractivity contribution in [1.82, 2.24) is 4.72 Å². The van der Waals surface area contributed by atoms with Gasteiger partial charge in [-0.25, -0.2) is 13.1 Å². The van der Waals surface area contributed by atoms with Crippen LogP contribution in [0.5, 0.6) is 0 Å². The lowest BCUT2D eigenvalue weighted by Crippen LogP contribution is -2.42. The summed E-state index contributed by atoms with van der Waals surface area (Å²) in [6, 6.07) is -1.05. The second-order valence-electron chi connectivity index (χ2n) is 4.39. The highest BCUT2D eigenvalue weighted by Crippen LogP contribution is 2.03. The Morgan fingerprint density at radius 1 is 1.39 bits per heavy atom. The van der Waals surface area contributed by atoms with Gasteiger partial charge in [-0.3, -0.25) is 4.79 Å². The fourth-order valence-electron chi connectivity index (χ4n) is 1.31. The number of hydrogen-bond donors (Lipinski definition) is 2. The van der Waals surface area contributed by atoms with E-state index < -0.39 is 22.0 Å². The van der Waals surface area contributed by atoms with E-state index in [1.165, 1.54) is 0 Å². The first-order valence-corrected chi connectivity index (χ1v) is 7.78. The number of rotatable bonds is 10. The van der Waals surface area contributed by atoms with Crippen LogP contribution in [0.3, 0.4) is 0 Å². The number of aliphatic carboxylic acids is 1. The predicted octanol–water partition coefficient (Wildman–Crippen LogP) is 0.974. The van der Waals surface area contributed by atoms with Gasteiger partial charge >= 0.3 is 5.97 Å². The third-order valence-electron chi connectivity index (χ3n) is 2.27. The number of carboxylic acids is 1. The lowest BCUT2D eigenvalue weighted by atomic mass is 10.1. The molecule has 18 heavy (non-hydrogen) atoms. The predicted molar refractivity (Wildman–Crippen MR) is 69.0 cm³/mol. The Kier molecular flexibility index (Phi) is 8.13. The zero-order chi connectivity index (χ0) is 14.2. The van der Waals surface area contributed by atoms with E-state index in [9.17, 15) is 13.2 Å². The first kappa shape index (κ1) is 17.3. The summed E-state index contributed by atoms with van der Waals surface area (Å²) in [5.74, 6) is -1.36. The van der Waals surface area contributed by atoms with E-state index in [1.807, 2.05) is 6.92 Å². The van der Waals surface area contributed by atoms with Crippen molar-refractivity contribution in [3.63, 3.8) is 0 Å². The molecule has 0 saturated carbocycles. The molecule has 0 amide bonds. The summed E-state index contributed by atoms with van der Waals surface area (Å²) in [4.78, 5) is 10.9. The zero-order valence-electron chi connectivity index (χ0n) is 11.2. The Bertz CT molecular complexity index is 339. The third-order valence-corrected chi connectivity index (χ3v) is 3.62. The molecule has 0 aromatic carbocycles. The molecule has 0 aliphatic heterocycles. The minimum Gasteiger partial charge on any atom is -0.480 e. The molecule has 0 aromatic rings. The molecule has 0 radical (unpaired) electrons. The minimum absolute atomic E-state index is 0.0458. The van der Waals surface area contributed by atoms with Crippen LogP contribution in [0.4, 0.5) is 0 Å². The number of ether oxygens (including phenoxy) is 1. The van der Waals surface area contributed by atoms with Crippen LogP contribution in [0, 0.1) is 0 Å². The Hall–Kier alpha value is -0.660. The summed E-state index contributed by atoms with van der Waals surface area (Å²) in [5, 5.41) is 8.92. The van der Waals surface area contributed by atoms with Gasteiger partial charge in [-0.2, -0.15) is 0 Å². The van der Waals surface area contributed by atoms with Gasteiger partial charge in [0.2, 0.25) is 10.0 Å². The highest BCUT2D eigenvalue weighted by molar-refractivity contribution is 7.89. The molecule has 108 valence electrons. The van der Waals surface area contributed by atoms with Crippen LogP contribution in [0.1, 0.15) is 40.0 Å². The van der Waals surface area contributed by atoms with Gasteiger partial charge in [0.1, 0.15) is 6.04 Å². The van der Waals surface area contributed by atoms with Gasteiger partial charge < -0.3 is 9.84 Å². The topological polar surface area (TPSA) is 92.7 Å². The molecule has 6 nitrogen and oxygen atoms in total. The summed E-state index contributed by atoms with van der Waals surface area (Å²) >= 11 is 0. The van der Waals surface area contributed by atoms with Crippen molar-refractivity contribution in [2.45, 2.75) is 52.2 Å².